The van der Waals surface area contributed by atoms with E-state index in [9.17, 15) is 9.90 Å². The van der Waals surface area contributed by atoms with Crippen LogP contribution in [0.5, 0.6) is 5.75 Å². The minimum Gasteiger partial charge on any atom is -0.507 e. The molecule has 1 N–H and O–H groups in total. The number of benzene rings is 2. The molecule has 2 rings (SSSR count). The molecule has 0 unspecified atom stereocenters. The zero-order valence-electron chi connectivity index (χ0n) is 9.86. The summed E-state index contributed by atoms with van der Waals surface area (Å²) in [6.07, 6.45) is 0. The number of phenolic OH excluding ortho intramolecular Hbond substituents is 1. The zero-order valence-corrected chi connectivity index (χ0v) is 9.86. The van der Waals surface area contributed by atoms with Gasteiger partial charge in [-0.15, -0.1) is 0 Å². The van der Waals surface area contributed by atoms with Crippen molar-refractivity contribution in [3.8, 4) is 5.75 Å². The van der Waals surface area contributed by atoms with Gasteiger partial charge in [0.15, 0.2) is 0 Å². The Labute approximate surface area is 99.6 Å². The molecular formula is C14H14O3. The van der Waals surface area contributed by atoms with Gasteiger partial charge in [-0.3, -0.25) is 0 Å². The summed E-state index contributed by atoms with van der Waals surface area (Å²) in [5.41, 5.74) is 0.925. The van der Waals surface area contributed by atoms with E-state index in [2.05, 4.69) is 0 Å². The molecular weight excluding hydrogens is 216 g/mol. The summed E-state index contributed by atoms with van der Waals surface area (Å²) in [5, 5.41) is 11.9. The minimum atomic E-state index is -0.487. The Morgan fingerprint density at radius 3 is 2.76 bits per heavy atom. The number of rotatable bonds is 2. The first-order valence-corrected chi connectivity index (χ1v) is 5.53. The van der Waals surface area contributed by atoms with Crippen LogP contribution in [0.25, 0.3) is 10.8 Å². The number of carbonyl (C=O) groups is 1. The lowest BCUT2D eigenvalue weighted by atomic mass is 10.0. The molecule has 0 atom stereocenters. The summed E-state index contributed by atoms with van der Waals surface area (Å²) in [5.74, 6) is -0.485. The monoisotopic (exact) mass is 230 g/mol. The van der Waals surface area contributed by atoms with Crippen LogP contribution in [0.2, 0.25) is 0 Å². The Balaban J connectivity index is 2.65. The highest BCUT2D eigenvalue weighted by Crippen LogP contribution is 2.30. The van der Waals surface area contributed by atoms with E-state index >= 15 is 0 Å². The van der Waals surface area contributed by atoms with Gasteiger partial charge in [-0.05, 0) is 36.2 Å². The van der Waals surface area contributed by atoms with Crippen molar-refractivity contribution in [2.24, 2.45) is 0 Å². The molecule has 0 aliphatic rings. The van der Waals surface area contributed by atoms with E-state index in [4.69, 9.17) is 4.74 Å². The number of hydrogen-bond donors (Lipinski definition) is 1. The molecule has 2 aromatic rings. The first-order chi connectivity index (χ1) is 8.15. The van der Waals surface area contributed by atoms with E-state index in [1.807, 2.05) is 24.3 Å². The Kier molecular flexibility index (Phi) is 3.00. The lowest BCUT2D eigenvalue weighted by Crippen LogP contribution is -2.05. The summed E-state index contributed by atoms with van der Waals surface area (Å²) >= 11 is 0. The summed E-state index contributed by atoms with van der Waals surface area (Å²) in [6.45, 7) is 3.83. The number of hydrogen-bond acceptors (Lipinski definition) is 3. The van der Waals surface area contributed by atoms with Crippen LogP contribution in [0.1, 0.15) is 22.8 Å². The molecule has 0 bridgehead atoms. The molecule has 0 aromatic heterocycles. The predicted octanol–water partition coefficient (Wildman–Crippen LogP) is 3.03. The van der Waals surface area contributed by atoms with E-state index in [0.717, 1.165) is 10.8 Å². The molecule has 88 valence electrons. The third-order valence-electron chi connectivity index (χ3n) is 2.77. The van der Waals surface area contributed by atoms with Crippen LogP contribution in [-0.4, -0.2) is 17.7 Å². The summed E-state index contributed by atoms with van der Waals surface area (Å²) in [4.78, 5) is 11.7. The standard InChI is InChI=1S/C14H14O3/c1-3-17-14(16)12-8-10-6-4-5-7-11(10)9(2)13(12)15/h4-8,15H,3H2,1-2H3. The first kappa shape index (κ1) is 11.5. The fraction of sp³-hybridized carbons (Fsp3) is 0.214. The van der Waals surface area contributed by atoms with Crippen molar-refractivity contribution in [1.82, 2.24) is 0 Å². The van der Waals surface area contributed by atoms with Crippen LogP contribution in [-0.2, 0) is 4.74 Å². The molecule has 0 saturated carbocycles. The molecule has 0 heterocycles. The van der Waals surface area contributed by atoms with Crippen LogP contribution < -0.4 is 0 Å². The summed E-state index contributed by atoms with van der Waals surface area (Å²) in [7, 11) is 0. The molecule has 0 amide bonds. The maximum Gasteiger partial charge on any atom is 0.341 e. The van der Waals surface area contributed by atoms with Gasteiger partial charge in [-0.1, -0.05) is 24.3 Å². The highest BCUT2D eigenvalue weighted by molar-refractivity contribution is 6.00. The summed E-state index contributed by atoms with van der Waals surface area (Å²) in [6, 6.07) is 9.28. The summed E-state index contributed by atoms with van der Waals surface area (Å²) < 4.78 is 4.91. The smallest absolute Gasteiger partial charge is 0.341 e. The quantitative estimate of drug-likeness (QED) is 0.806. The molecule has 3 nitrogen and oxygen atoms in total. The number of esters is 1. The van der Waals surface area contributed by atoms with Gasteiger partial charge >= 0.3 is 5.97 Å². The lowest BCUT2D eigenvalue weighted by molar-refractivity contribution is 0.0523. The maximum atomic E-state index is 11.7. The van der Waals surface area contributed by atoms with E-state index in [1.165, 1.54) is 0 Å². The fourth-order valence-electron chi connectivity index (χ4n) is 1.88. The molecule has 0 spiro atoms. The molecule has 0 aliphatic carbocycles. The highest BCUT2D eigenvalue weighted by Gasteiger charge is 2.16. The second-order valence-electron chi connectivity index (χ2n) is 3.84. The third kappa shape index (κ3) is 1.96. The molecule has 3 heteroatoms. The molecule has 0 radical (unpaired) electrons. The Hall–Kier alpha value is -2.03. The number of aromatic hydroxyl groups is 1. The number of aryl methyl sites for hydroxylation is 1. The van der Waals surface area contributed by atoms with Gasteiger partial charge < -0.3 is 9.84 Å². The van der Waals surface area contributed by atoms with Gasteiger partial charge in [-0.25, -0.2) is 4.79 Å². The van der Waals surface area contributed by atoms with Crippen LogP contribution >= 0.6 is 0 Å². The molecule has 0 fully saturated rings. The Bertz CT molecular complexity index is 573. The number of carbonyl (C=O) groups excluding carboxylic acids is 1. The molecule has 0 saturated heterocycles. The number of phenols is 1. The van der Waals surface area contributed by atoms with Crippen LogP contribution in [0, 0.1) is 6.92 Å². The number of ether oxygens (including phenoxy) is 1. The molecule has 2 aromatic carbocycles. The second-order valence-corrected chi connectivity index (χ2v) is 3.84. The van der Waals surface area contributed by atoms with E-state index < -0.39 is 5.97 Å². The average Bonchev–Trinajstić information content (AvgIpc) is 2.34. The van der Waals surface area contributed by atoms with Crippen molar-refractivity contribution in [1.29, 1.82) is 0 Å². The van der Waals surface area contributed by atoms with Gasteiger partial charge in [-0.2, -0.15) is 0 Å². The van der Waals surface area contributed by atoms with Gasteiger partial charge in [0.1, 0.15) is 11.3 Å². The molecule has 0 aliphatic heterocycles. The van der Waals surface area contributed by atoms with Gasteiger partial charge in [0.2, 0.25) is 0 Å². The first-order valence-electron chi connectivity index (χ1n) is 5.53. The maximum absolute atomic E-state index is 11.7. The fourth-order valence-corrected chi connectivity index (χ4v) is 1.88. The van der Waals surface area contributed by atoms with Crippen LogP contribution in [0.3, 0.4) is 0 Å². The van der Waals surface area contributed by atoms with Crippen molar-refractivity contribution >= 4 is 16.7 Å². The van der Waals surface area contributed by atoms with E-state index in [1.54, 1.807) is 19.9 Å². The minimum absolute atomic E-state index is 0.00199. The SMILES string of the molecule is CCOC(=O)c1cc2ccccc2c(C)c1O. The Morgan fingerprint density at radius 1 is 1.35 bits per heavy atom. The average molecular weight is 230 g/mol. The second kappa shape index (κ2) is 4.45. The lowest BCUT2D eigenvalue weighted by Gasteiger charge is -2.10. The number of fused-ring (bicyclic) bond motifs is 1. The zero-order chi connectivity index (χ0) is 12.4. The Morgan fingerprint density at radius 2 is 2.06 bits per heavy atom. The predicted molar refractivity (Wildman–Crippen MR) is 66.3 cm³/mol. The van der Waals surface area contributed by atoms with Crippen molar-refractivity contribution in [3.63, 3.8) is 0 Å². The van der Waals surface area contributed by atoms with Gasteiger partial charge in [0, 0.05) is 0 Å². The van der Waals surface area contributed by atoms with Crippen LogP contribution in [0.4, 0.5) is 0 Å². The topological polar surface area (TPSA) is 46.5 Å². The third-order valence-corrected chi connectivity index (χ3v) is 2.77. The molecule has 17 heavy (non-hydrogen) atoms. The normalized spacial score (nSPS) is 10.5. The van der Waals surface area contributed by atoms with Crippen LogP contribution in [0.15, 0.2) is 30.3 Å². The van der Waals surface area contributed by atoms with Gasteiger partial charge in [0.25, 0.3) is 0 Å². The largest absolute Gasteiger partial charge is 0.507 e. The van der Waals surface area contributed by atoms with E-state index in [0.29, 0.717) is 12.2 Å². The van der Waals surface area contributed by atoms with Crippen molar-refractivity contribution in [3.05, 3.63) is 41.5 Å². The van der Waals surface area contributed by atoms with Crippen molar-refractivity contribution in [2.75, 3.05) is 6.61 Å². The highest BCUT2D eigenvalue weighted by atomic mass is 16.5. The van der Waals surface area contributed by atoms with Crippen molar-refractivity contribution in [2.45, 2.75) is 13.8 Å². The van der Waals surface area contributed by atoms with Gasteiger partial charge in [0.05, 0.1) is 6.61 Å². The van der Waals surface area contributed by atoms with E-state index in [-0.39, 0.29) is 11.3 Å². The van der Waals surface area contributed by atoms with Crippen molar-refractivity contribution < 1.29 is 14.6 Å².